The molecule has 1 aromatic heterocycles. The quantitative estimate of drug-likeness (QED) is 0.851. The molecule has 0 aliphatic carbocycles. The summed E-state index contributed by atoms with van der Waals surface area (Å²) in [7, 11) is 3.49. The number of carbonyl (C=O) groups is 1. The Hall–Kier alpha value is -0.360. The van der Waals surface area contributed by atoms with Crippen LogP contribution in [-0.2, 0) is 11.3 Å². The smallest absolute Gasteiger partial charge is 0.223 e. The van der Waals surface area contributed by atoms with Crippen LogP contribution in [0.15, 0.2) is 15.3 Å². The first-order valence-corrected chi connectivity index (χ1v) is 5.68. The maximum atomic E-state index is 11.3. The lowest BCUT2D eigenvalue weighted by atomic mass is 10.4. The second-order valence-electron chi connectivity index (χ2n) is 3.05. The van der Waals surface area contributed by atoms with E-state index in [1.54, 1.807) is 23.7 Å². The summed E-state index contributed by atoms with van der Waals surface area (Å²) >= 11 is 6.61. The number of rotatable bonds is 3. The van der Waals surface area contributed by atoms with E-state index in [-0.39, 0.29) is 5.91 Å². The average molecular weight is 325 g/mol. The van der Waals surface area contributed by atoms with Crippen LogP contribution in [0.3, 0.4) is 0 Å². The zero-order chi connectivity index (χ0) is 10.7. The summed E-state index contributed by atoms with van der Waals surface area (Å²) in [5, 5.41) is 4.16. The van der Waals surface area contributed by atoms with E-state index < -0.39 is 0 Å². The molecule has 1 rings (SSSR count). The predicted octanol–water partition coefficient (Wildman–Crippen LogP) is 1.89. The normalized spacial score (nSPS) is 10.3. The summed E-state index contributed by atoms with van der Waals surface area (Å²) in [4.78, 5) is 12.9. The topological polar surface area (TPSA) is 38.1 Å². The van der Waals surface area contributed by atoms with Gasteiger partial charge in [-0.15, -0.1) is 0 Å². The van der Waals surface area contributed by atoms with Gasteiger partial charge in [-0.3, -0.25) is 9.48 Å². The van der Waals surface area contributed by atoms with Crippen LogP contribution in [0.5, 0.6) is 0 Å². The molecule has 78 valence electrons. The molecular formula is C8H11Br2N3O. The summed E-state index contributed by atoms with van der Waals surface area (Å²) < 4.78 is 3.38. The highest BCUT2D eigenvalue weighted by Crippen LogP contribution is 2.16. The Bertz CT molecular complexity index is 335. The van der Waals surface area contributed by atoms with Gasteiger partial charge in [-0.1, -0.05) is 0 Å². The number of nitrogens with zero attached hydrogens (tertiary/aromatic N) is 3. The molecule has 0 radical (unpaired) electrons. The van der Waals surface area contributed by atoms with Crippen molar-refractivity contribution >= 4 is 37.8 Å². The first-order chi connectivity index (χ1) is 6.50. The predicted molar refractivity (Wildman–Crippen MR) is 60.9 cm³/mol. The lowest BCUT2D eigenvalue weighted by molar-refractivity contribution is -0.128. The SMILES string of the molecule is CN(C)C(=O)CCn1nc(Br)cc1Br. The number of aromatic nitrogens is 2. The van der Waals surface area contributed by atoms with Crippen LogP contribution < -0.4 is 0 Å². The molecule has 4 nitrogen and oxygen atoms in total. The van der Waals surface area contributed by atoms with Gasteiger partial charge in [-0.2, -0.15) is 5.10 Å². The van der Waals surface area contributed by atoms with Crippen molar-refractivity contribution in [3.8, 4) is 0 Å². The van der Waals surface area contributed by atoms with Gasteiger partial charge in [-0.25, -0.2) is 0 Å². The van der Waals surface area contributed by atoms with Gasteiger partial charge < -0.3 is 4.90 Å². The molecule has 0 fully saturated rings. The van der Waals surface area contributed by atoms with E-state index in [0.29, 0.717) is 13.0 Å². The first kappa shape index (κ1) is 11.7. The molecule has 0 saturated heterocycles. The molecule has 0 unspecified atom stereocenters. The molecule has 1 aromatic rings. The van der Waals surface area contributed by atoms with Crippen LogP contribution in [0.4, 0.5) is 0 Å². The fourth-order valence-corrected chi connectivity index (χ4v) is 2.14. The number of hydrogen-bond acceptors (Lipinski definition) is 2. The Morgan fingerprint density at radius 1 is 1.57 bits per heavy atom. The van der Waals surface area contributed by atoms with Crippen molar-refractivity contribution in [2.75, 3.05) is 14.1 Å². The van der Waals surface area contributed by atoms with Crippen LogP contribution in [0.2, 0.25) is 0 Å². The van der Waals surface area contributed by atoms with E-state index in [0.717, 1.165) is 9.21 Å². The van der Waals surface area contributed by atoms with E-state index in [2.05, 4.69) is 37.0 Å². The summed E-state index contributed by atoms with van der Waals surface area (Å²) in [6, 6.07) is 1.85. The van der Waals surface area contributed by atoms with E-state index >= 15 is 0 Å². The largest absolute Gasteiger partial charge is 0.349 e. The fourth-order valence-electron chi connectivity index (χ4n) is 0.947. The maximum absolute atomic E-state index is 11.3. The molecule has 1 amide bonds. The van der Waals surface area contributed by atoms with Crippen molar-refractivity contribution in [2.24, 2.45) is 0 Å². The number of hydrogen-bond donors (Lipinski definition) is 0. The second kappa shape index (κ2) is 4.93. The molecular weight excluding hydrogens is 314 g/mol. The molecule has 0 N–H and O–H groups in total. The lowest BCUT2D eigenvalue weighted by Gasteiger charge is -2.10. The molecule has 0 spiro atoms. The number of carbonyl (C=O) groups excluding carboxylic acids is 1. The van der Waals surface area contributed by atoms with Crippen LogP contribution >= 0.6 is 31.9 Å². The molecule has 0 atom stereocenters. The Labute approximate surface area is 99.5 Å². The zero-order valence-corrected chi connectivity index (χ0v) is 11.2. The highest BCUT2D eigenvalue weighted by atomic mass is 79.9. The van der Waals surface area contributed by atoms with Crippen molar-refractivity contribution < 1.29 is 4.79 Å². The first-order valence-electron chi connectivity index (χ1n) is 4.09. The van der Waals surface area contributed by atoms with Crippen LogP contribution in [0.1, 0.15) is 6.42 Å². The summed E-state index contributed by atoms with van der Waals surface area (Å²) in [5.41, 5.74) is 0. The number of amides is 1. The third-order valence-electron chi connectivity index (χ3n) is 1.74. The third kappa shape index (κ3) is 3.09. The molecule has 14 heavy (non-hydrogen) atoms. The minimum Gasteiger partial charge on any atom is -0.349 e. The summed E-state index contributed by atoms with van der Waals surface area (Å²) in [5.74, 6) is 0.100. The standard InChI is InChI=1S/C8H11Br2N3O/c1-12(2)8(14)3-4-13-7(10)5-6(9)11-13/h5H,3-4H2,1-2H3. The van der Waals surface area contributed by atoms with E-state index in [4.69, 9.17) is 0 Å². The van der Waals surface area contributed by atoms with Gasteiger partial charge in [0.25, 0.3) is 0 Å². The van der Waals surface area contributed by atoms with Crippen LogP contribution in [0, 0.1) is 0 Å². The van der Waals surface area contributed by atoms with Gasteiger partial charge in [0.05, 0.1) is 6.54 Å². The van der Waals surface area contributed by atoms with E-state index in [1.165, 1.54) is 0 Å². The summed E-state index contributed by atoms with van der Waals surface area (Å²) in [6.45, 7) is 0.587. The van der Waals surface area contributed by atoms with Gasteiger partial charge in [0.15, 0.2) is 0 Å². The van der Waals surface area contributed by atoms with Gasteiger partial charge in [0.1, 0.15) is 9.21 Å². The summed E-state index contributed by atoms with van der Waals surface area (Å²) in [6.07, 6.45) is 0.458. The third-order valence-corrected chi connectivity index (χ3v) is 2.76. The maximum Gasteiger partial charge on any atom is 0.223 e. The molecule has 0 aliphatic rings. The number of aryl methyl sites for hydroxylation is 1. The highest BCUT2D eigenvalue weighted by Gasteiger charge is 2.07. The van der Waals surface area contributed by atoms with Gasteiger partial charge >= 0.3 is 0 Å². The van der Waals surface area contributed by atoms with Crippen molar-refractivity contribution in [1.82, 2.24) is 14.7 Å². The monoisotopic (exact) mass is 323 g/mol. The highest BCUT2D eigenvalue weighted by molar-refractivity contribution is 9.11. The second-order valence-corrected chi connectivity index (χ2v) is 4.68. The zero-order valence-electron chi connectivity index (χ0n) is 8.00. The van der Waals surface area contributed by atoms with Crippen LogP contribution in [0.25, 0.3) is 0 Å². The molecule has 1 heterocycles. The van der Waals surface area contributed by atoms with Crippen molar-refractivity contribution in [3.63, 3.8) is 0 Å². The number of halogens is 2. The van der Waals surface area contributed by atoms with Gasteiger partial charge in [0, 0.05) is 26.6 Å². The Morgan fingerprint density at radius 3 is 2.64 bits per heavy atom. The molecule has 0 bridgehead atoms. The molecule has 0 aromatic carbocycles. The Balaban J connectivity index is 2.54. The van der Waals surface area contributed by atoms with Crippen molar-refractivity contribution in [2.45, 2.75) is 13.0 Å². The molecule has 6 heteroatoms. The Morgan fingerprint density at radius 2 is 2.21 bits per heavy atom. The minimum absolute atomic E-state index is 0.100. The minimum atomic E-state index is 0.100. The molecule has 0 saturated carbocycles. The van der Waals surface area contributed by atoms with E-state index in [1.807, 2.05) is 6.07 Å². The molecule has 0 aliphatic heterocycles. The lowest BCUT2D eigenvalue weighted by Crippen LogP contribution is -2.23. The van der Waals surface area contributed by atoms with Crippen molar-refractivity contribution in [3.05, 3.63) is 15.3 Å². The Kier molecular flexibility index (Phi) is 4.12. The fraction of sp³-hybridized carbons (Fsp3) is 0.500. The van der Waals surface area contributed by atoms with E-state index in [9.17, 15) is 4.79 Å². The van der Waals surface area contributed by atoms with Gasteiger partial charge in [-0.05, 0) is 31.9 Å². The van der Waals surface area contributed by atoms with Crippen LogP contribution in [-0.4, -0.2) is 34.7 Å². The van der Waals surface area contributed by atoms with Crippen molar-refractivity contribution in [1.29, 1.82) is 0 Å². The van der Waals surface area contributed by atoms with Gasteiger partial charge in [0.2, 0.25) is 5.91 Å². The average Bonchev–Trinajstić information content (AvgIpc) is 2.40.